The molecule has 0 bridgehead atoms. The summed E-state index contributed by atoms with van der Waals surface area (Å²) in [6.45, 7) is 3.35. The van der Waals surface area contributed by atoms with E-state index in [0.717, 1.165) is 17.7 Å². The van der Waals surface area contributed by atoms with Crippen LogP contribution in [0.3, 0.4) is 0 Å². The zero-order valence-corrected chi connectivity index (χ0v) is 13.1. The van der Waals surface area contributed by atoms with Crippen molar-refractivity contribution in [3.05, 3.63) is 35.0 Å². The maximum atomic E-state index is 12.3. The van der Waals surface area contributed by atoms with E-state index in [1.165, 1.54) is 6.07 Å². The van der Waals surface area contributed by atoms with Crippen LogP contribution in [-0.4, -0.2) is 23.3 Å². The Morgan fingerprint density at radius 3 is 2.76 bits per heavy atom. The Bertz CT molecular complexity index is 731. The lowest BCUT2D eigenvalue weighted by molar-refractivity contribution is 0.244. The third kappa shape index (κ3) is 3.34. The molecule has 7 nitrogen and oxygen atoms in total. The van der Waals surface area contributed by atoms with Crippen molar-refractivity contribution in [3.63, 3.8) is 0 Å². The molecule has 0 amide bonds. The largest absolute Gasteiger partial charge is 0.462 e. The fraction of sp³-hybridized carbons (Fsp3) is 0.462. The van der Waals surface area contributed by atoms with Crippen molar-refractivity contribution in [2.24, 2.45) is 7.05 Å². The van der Waals surface area contributed by atoms with Crippen LogP contribution in [-0.2, 0) is 36.6 Å². The summed E-state index contributed by atoms with van der Waals surface area (Å²) in [6, 6.07) is 1.33. The van der Waals surface area contributed by atoms with E-state index < -0.39 is 10.0 Å². The number of aryl methyl sites for hydroxylation is 3. The molecular weight excluding hydrogens is 294 g/mol. The second-order valence-corrected chi connectivity index (χ2v) is 6.48. The van der Waals surface area contributed by atoms with Crippen LogP contribution in [0.4, 0.5) is 0 Å². The lowest BCUT2D eigenvalue weighted by Gasteiger charge is -2.05. The topological polar surface area (TPSA) is 97.4 Å². The molecule has 8 heteroatoms. The Morgan fingerprint density at radius 1 is 1.48 bits per heavy atom. The van der Waals surface area contributed by atoms with E-state index in [1.54, 1.807) is 24.9 Å². The van der Waals surface area contributed by atoms with Crippen LogP contribution in [0.15, 0.2) is 21.6 Å². The molecule has 2 N–H and O–H groups in total. The van der Waals surface area contributed by atoms with Crippen molar-refractivity contribution in [3.8, 4) is 0 Å². The number of furan rings is 1. The Hall–Kier alpha value is -1.64. The van der Waals surface area contributed by atoms with Crippen molar-refractivity contribution in [2.75, 3.05) is 0 Å². The maximum Gasteiger partial charge on any atom is 0.244 e. The molecule has 0 saturated heterocycles. The smallest absolute Gasteiger partial charge is 0.244 e. The van der Waals surface area contributed by atoms with Gasteiger partial charge in [-0.3, -0.25) is 4.68 Å². The van der Waals surface area contributed by atoms with Gasteiger partial charge in [-0.25, -0.2) is 13.1 Å². The van der Waals surface area contributed by atoms with Crippen LogP contribution in [0.5, 0.6) is 0 Å². The molecular formula is C13H19N3O4S. The normalized spacial score (nSPS) is 12.0. The Kier molecular flexibility index (Phi) is 4.50. The van der Waals surface area contributed by atoms with Crippen LogP contribution in [0.2, 0.25) is 0 Å². The zero-order chi connectivity index (χ0) is 15.6. The Labute approximate surface area is 123 Å². The number of aliphatic hydroxyl groups excluding tert-OH is 1. The first-order valence-electron chi connectivity index (χ1n) is 6.58. The van der Waals surface area contributed by atoms with Crippen LogP contribution < -0.4 is 4.72 Å². The van der Waals surface area contributed by atoms with E-state index in [1.807, 2.05) is 6.92 Å². The van der Waals surface area contributed by atoms with Gasteiger partial charge < -0.3 is 9.52 Å². The number of hydrogen-bond acceptors (Lipinski definition) is 5. The third-order valence-corrected chi connectivity index (χ3v) is 4.66. The standard InChI is InChI=1S/C13H19N3O4S/c1-4-12-10(7-16(3)15-12)6-14-21(18,19)13-5-11(8-17)20-9(13)2/h5,7,14,17H,4,6,8H2,1-3H3. The summed E-state index contributed by atoms with van der Waals surface area (Å²) in [5, 5.41) is 13.3. The minimum absolute atomic E-state index is 0.0495. The van der Waals surface area contributed by atoms with Gasteiger partial charge in [0.05, 0.1) is 5.69 Å². The van der Waals surface area contributed by atoms with Gasteiger partial charge in [0.1, 0.15) is 23.0 Å². The van der Waals surface area contributed by atoms with E-state index in [0.29, 0.717) is 0 Å². The lowest BCUT2D eigenvalue weighted by atomic mass is 10.2. The fourth-order valence-corrected chi connectivity index (χ4v) is 3.36. The highest BCUT2D eigenvalue weighted by atomic mass is 32.2. The summed E-state index contributed by atoms with van der Waals surface area (Å²) >= 11 is 0. The first kappa shape index (κ1) is 15.7. The van der Waals surface area contributed by atoms with Gasteiger partial charge >= 0.3 is 0 Å². The molecule has 2 aromatic heterocycles. The molecule has 0 radical (unpaired) electrons. The molecule has 21 heavy (non-hydrogen) atoms. The number of hydrogen-bond donors (Lipinski definition) is 2. The van der Waals surface area contributed by atoms with Crippen molar-refractivity contribution < 1.29 is 17.9 Å². The Morgan fingerprint density at radius 2 is 2.19 bits per heavy atom. The van der Waals surface area contributed by atoms with Gasteiger partial charge in [-0.1, -0.05) is 6.92 Å². The number of aromatic nitrogens is 2. The average molecular weight is 313 g/mol. The molecule has 2 heterocycles. The minimum Gasteiger partial charge on any atom is -0.462 e. The van der Waals surface area contributed by atoms with E-state index in [-0.39, 0.29) is 29.6 Å². The zero-order valence-electron chi connectivity index (χ0n) is 12.3. The van der Waals surface area contributed by atoms with Gasteiger partial charge in [0, 0.05) is 31.4 Å². The van der Waals surface area contributed by atoms with Gasteiger partial charge in [-0.15, -0.1) is 0 Å². The second-order valence-electron chi connectivity index (χ2n) is 4.74. The molecule has 0 unspecified atom stereocenters. The highest BCUT2D eigenvalue weighted by Crippen LogP contribution is 2.20. The maximum absolute atomic E-state index is 12.3. The van der Waals surface area contributed by atoms with E-state index in [9.17, 15) is 8.42 Å². The molecule has 0 aromatic carbocycles. The van der Waals surface area contributed by atoms with Crippen LogP contribution in [0, 0.1) is 6.92 Å². The van der Waals surface area contributed by atoms with Crippen LogP contribution in [0.1, 0.15) is 29.7 Å². The van der Waals surface area contributed by atoms with E-state index >= 15 is 0 Å². The molecule has 2 rings (SSSR count). The van der Waals surface area contributed by atoms with Gasteiger partial charge in [0.2, 0.25) is 10.0 Å². The highest BCUT2D eigenvalue weighted by Gasteiger charge is 2.21. The number of sulfonamides is 1. The Balaban J connectivity index is 2.19. The van der Waals surface area contributed by atoms with Crippen LogP contribution >= 0.6 is 0 Å². The van der Waals surface area contributed by atoms with E-state index in [4.69, 9.17) is 9.52 Å². The van der Waals surface area contributed by atoms with Crippen molar-refractivity contribution in [1.29, 1.82) is 0 Å². The predicted molar refractivity (Wildman–Crippen MR) is 76.0 cm³/mol. The average Bonchev–Trinajstić information content (AvgIpc) is 2.99. The summed E-state index contributed by atoms with van der Waals surface area (Å²) in [5.74, 6) is 0.483. The summed E-state index contributed by atoms with van der Waals surface area (Å²) in [5.41, 5.74) is 1.70. The fourth-order valence-electron chi connectivity index (χ4n) is 2.15. The molecule has 0 aliphatic rings. The number of rotatable bonds is 6. The molecule has 116 valence electrons. The highest BCUT2D eigenvalue weighted by molar-refractivity contribution is 7.89. The molecule has 0 saturated carbocycles. The molecule has 0 aliphatic heterocycles. The van der Waals surface area contributed by atoms with Crippen LogP contribution in [0.25, 0.3) is 0 Å². The molecule has 0 spiro atoms. The van der Waals surface area contributed by atoms with Gasteiger partial charge in [0.15, 0.2) is 0 Å². The first-order valence-corrected chi connectivity index (χ1v) is 8.07. The van der Waals surface area contributed by atoms with Gasteiger partial charge in [-0.05, 0) is 13.3 Å². The lowest BCUT2D eigenvalue weighted by Crippen LogP contribution is -2.23. The summed E-state index contributed by atoms with van der Waals surface area (Å²) in [6.07, 6.45) is 2.53. The van der Waals surface area contributed by atoms with Crippen molar-refractivity contribution in [1.82, 2.24) is 14.5 Å². The monoisotopic (exact) mass is 313 g/mol. The minimum atomic E-state index is -3.69. The summed E-state index contributed by atoms with van der Waals surface area (Å²) < 4.78 is 33.9. The van der Waals surface area contributed by atoms with Crippen molar-refractivity contribution in [2.45, 2.75) is 38.3 Å². The molecule has 0 fully saturated rings. The summed E-state index contributed by atoms with van der Waals surface area (Å²) in [7, 11) is -1.89. The summed E-state index contributed by atoms with van der Waals surface area (Å²) in [4.78, 5) is 0.0495. The van der Waals surface area contributed by atoms with Crippen molar-refractivity contribution >= 4 is 10.0 Å². The van der Waals surface area contributed by atoms with Gasteiger partial charge in [-0.2, -0.15) is 5.10 Å². The second kappa shape index (κ2) is 6.00. The number of nitrogens with one attached hydrogen (secondary N) is 1. The van der Waals surface area contributed by atoms with Gasteiger partial charge in [0.25, 0.3) is 0 Å². The number of aliphatic hydroxyl groups is 1. The third-order valence-electron chi connectivity index (χ3n) is 3.15. The predicted octanol–water partition coefficient (Wildman–Crippen LogP) is 0.855. The van der Waals surface area contributed by atoms with E-state index in [2.05, 4.69) is 9.82 Å². The SMILES string of the molecule is CCc1nn(C)cc1CNS(=O)(=O)c1cc(CO)oc1C. The molecule has 2 aromatic rings. The first-order chi connectivity index (χ1) is 9.87. The molecule has 0 aliphatic carbocycles. The quantitative estimate of drug-likeness (QED) is 0.824. The number of nitrogens with zero attached hydrogens (tertiary/aromatic N) is 2. The molecule has 0 atom stereocenters.